The van der Waals surface area contributed by atoms with Gasteiger partial charge in [0.1, 0.15) is 24.2 Å². The van der Waals surface area contributed by atoms with Gasteiger partial charge in [0.2, 0.25) is 29.5 Å². The van der Waals surface area contributed by atoms with E-state index in [9.17, 15) is 24.0 Å². The zero-order valence-corrected chi connectivity index (χ0v) is 25.6. The van der Waals surface area contributed by atoms with Crippen molar-refractivity contribution in [2.45, 2.75) is 102 Å². The molecule has 0 spiro atoms. The molecular weight excluding hydrogens is 562 g/mol. The maximum absolute atomic E-state index is 14.0. The summed E-state index contributed by atoms with van der Waals surface area (Å²) in [5, 5.41) is 19.5. The minimum atomic E-state index is -0.974. The molecule has 1 aromatic carbocycles. The van der Waals surface area contributed by atoms with Crippen molar-refractivity contribution >= 4 is 41.2 Å². The van der Waals surface area contributed by atoms with Crippen molar-refractivity contribution in [3.8, 4) is 0 Å². The molecule has 44 heavy (non-hydrogen) atoms. The molecule has 11 heteroatoms. The number of nitrogens with zero attached hydrogens (tertiary/aromatic N) is 1. The minimum Gasteiger partial charge on any atom is -0.343 e. The fourth-order valence-corrected chi connectivity index (χ4v) is 6.20. The van der Waals surface area contributed by atoms with Crippen LogP contribution in [0.25, 0.3) is 11.6 Å². The van der Waals surface area contributed by atoms with E-state index in [1.54, 1.807) is 10.4 Å². The number of benzene rings is 1. The van der Waals surface area contributed by atoms with Crippen molar-refractivity contribution in [1.29, 1.82) is 0 Å². The van der Waals surface area contributed by atoms with E-state index in [2.05, 4.69) is 16.0 Å². The van der Waals surface area contributed by atoms with Gasteiger partial charge in [-0.2, -0.15) is 0 Å². The standard InChI is InChI=1S/C33H45N5O6/c1-3-21(2)29-33(43)38-19-11-17-27(38)32(42)34-25(16-5-4-6-18-28(39)37-44)30(40)35-26(31(41)36-29)20-23-14-8-7-12-22-13-9-10-15-24(22)23/h7-10,12-13,15,21,25-27,29,44H,3-6,11,14,16-20H2,1-2H3,(H,34,42)(H,35,40)(H,36,41)(H,37,39)/t21?,25-,26+,27+,29?/m0/s1. The van der Waals surface area contributed by atoms with Gasteiger partial charge in [-0.1, -0.05) is 81.2 Å². The highest BCUT2D eigenvalue weighted by Crippen LogP contribution is 2.23. The van der Waals surface area contributed by atoms with Gasteiger partial charge in [0.05, 0.1) is 0 Å². The number of hydrogen-bond acceptors (Lipinski definition) is 6. The quantitative estimate of drug-likeness (QED) is 0.151. The Labute approximate surface area is 258 Å². The molecular formula is C33H45N5O6. The van der Waals surface area contributed by atoms with Crippen molar-refractivity contribution in [3.05, 3.63) is 46.9 Å². The number of hydroxylamine groups is 1. The fourth-order valence-electron chi connectivity index (χ4n) is 6.20. The van der Waals surface area contributed by atoms with E-state index >= 15 is 0 Å². The molecule has 0 radical (unpaired) electrons. The van der Waals surface area contributed by atoms with Gasteiger partial charge in [-0.15, -0.1) is 0 Å². The van der Waals surface area contributed by atoms with Gasteiger partial charge in [0, 0.05) is 13.0 Å². The van der Waals surface area contributed by atoms with E-state index in [0.717, 1.165) is 16.0 Å². The van der Waals surface area contributed by atoms with E-state index in [4.69, 9.17) is 5.21 Å². The summed E-state index contributed by atoms with van der Waals surface area (Å²) >= 11 is 0. The van der Waals surface area contributed by atoms with Gasteiger partial charge in [-0.25, -0.2) is 5.48 Å². The molecule has 5 amide bonds. The second-order valence-corrected chi connectivity index (χ2v) is 12.0. The normalized spacial score (nSPS) is 24.8. The lowest BCUT2D eigenvalue weighted by atomic mass is 9.95. The first-order valence-electron chi connectivity index (χ1n) is 15.8. The molecule has 2 aliphatic heterocycles. The van der Waals surface area contributed by atoms with Gasteiger partial charge in [0.25, 0.3) is 0 Å². The molecule has 238 valence electrons. The first kappa shape index (κ1) is 32.9. The van der Waals surface area contributed by atoms with Crippen LogP contribution in [0, 0.1) is 5.92 Å². The number of nitrogens with one attached hydrogen (secondary N) is 4. The number of unbranched alkanes of at least 4 members (excludes halogenated alkanes) is 2. The Balaban J connectivity index is 1.66. The van der Waals surface area contributed by atoms with Crippen molar-refractivity contribution < 1.29 is 29.2 Å². The third kappa shape index (κ3) is 8.13. The first-order chi connectivity index (χ1) is 21.2. The molecule has 2 heterocycles. The molecule has 2 unspecified atom stereocenters. The number of carbonyl (C=O) groups excluding carboxylic acids is 5. The minimum absolute atomic E-state index is 0.143. The maximum Gasteiger partial charge on any atom is 0.246 e. The summed E-state index contributed by atoms with van der Waals surface area (Å²) in [6.45, 7) is 4.27. The van der Waals surface area contributed by atoms with Crippen molar-refractivity contribution in [2.24, 2.45) is 5.92 Å². The molecule has 5 N–H and O–H groups in total. The topological polar surface area (TPSA) is 157 Å². The van der Waals surface area contributed by atoms with Gasteiger partial charge >= 0.3 is 0 Å². The van der Waals surface area contributed by atoms with Gasteiger partial charge < -0.3 is 20.9 Å². The molecule has 3 aliphatic rings. The number of amides is 5. The molecule has 0 bridgehead atoms. The summed E-state index contributed by atoms with van der Waals surface area (Å²) in [5.74, 6) is -2.22. The third-order valence-electron chi connectivity index (χ3n) is 8.97. The van der Waals surface area contributed by atoms with E-state index in [0.29, 0.717) is 57.9 Å². The highest BCUT2D eigenvalue weighted by molar-refractivity contribution is 5.98. The highest BCUT2D eigenvalue weighted by Gasteiger charge is 2.41. The SMILES string of the molecule is CCC(C)C1NC(=O)[C@@H](CC2=c3ccccc3=CC=CC2)NC(=O)[C@H](CCCCCC(=O)NO)NC(=O)[C@H]2CCCN2C1=O. The lowest BCUT2D eigenvalue weighted by Crippen LogP contribution is -2.62. The van der Waals surface area contributed by atoms with Crippen molar-refractivity contribution in [1.82, 2.24) is 26.3 Å². The molecule has 0 aromatic heterocycles. The predicted molar refractivity (Wildman–Crippen MR) is 165 cm³/mol. The number of carbonyl (C=O) groups is 5. The predicted octanol–water partition coefficient (Wildman–Crippen LogP) is 0.929. The van der Waals surface area contributed by atoms with E-state index in [1.807, 2.05) is 56.3 Å². The highest BCUT2D eigenvalue weighted by atomic mass is 16.5. The van der Waals surface area contributed by atoms with E-state index in [-0.39, 0.29) is 30.6 Å². The fraction of sp³-hybridized carbons (Fsp3) is 0.545. The zero-order valence-electron chi connectivity index (χ0n) is 25.6. The monoisotopic (exact) mass is 607 g/mol. The summed E-state index contributed by atoms with van der Waals surface area (Å²) < 4.78 is 0. The lowest BCUT2D eigenvalue weighted by molar-refractivity contribution is -0.144. The summed E-state index contributed by atoms with van der Waals surface area (Å²) in [7, 11) is 0. The van der Waals surface area contributed by atoms with E-state index in [1.165, 1.54) is 0 Å². The molecule has 2 saturated heterocycles. The van der Waals surface area contributed by atoms with Crippen LogP contribution in [0.3, 0.4) is 0 Å². The molecule has 1 aliphatic carbocycles. The first-order valence-corrected chi connectivity index (χ1v) is 15.8. The van der Waals surface area contributed by atoms with Gasteiger partial charge in [0.15, 0.2) is 0 Å². The average Bonchev–Trinajstić information content (AvgIpc) is 3.44. The second-order valence-electron chi connectivity index (χ2n) is 12.0. The molecule has 4 rings (SSSR count). The Morgan fingerprint density at radius 2 is 1.77 bits per heavy atom. The Kier molecular flexibility index (Phi) is 11.7. The number of allylic oxidation sites excluding steroid dienone is 2. The molecule has 11 nitrogen and oxygen atoms in total. The largest absolute Gasteiger partial charge is 0.343 e. The van der Waals surface area contributed by atoms with Crippen LogP contribution < -0.4 is 31.9 Å². The van der Waals surface area contributed by atoms with E-state index < -0.39 is 41.9 Å². The Morgan fingerprint density at radius 1 is 1.02 bits per heavy atom. The zero-order chi connectivity index (χ0) is 31.6. The number of fused-ring (bicyclic) bond motifs is 2. The maximum atomic E-state index is 14.0. The summed E-state index contributed by atoms with van der Waals surface area (Å²) in [6.07, 6.45) is 10.7. The molecule has 1 aromatic rings. The van der Waals surface area contributed by atoms with Crippen molar-refractivity contribution in [2.75, 3.05) is 6.54 Å². The Hall–Kier alpha value is -3.99. The van der Waals surface area contributed by atoms with Crippen LogP contribution in [0.1, 0.15) is 78.1 Å². The van der Waals surface area contributed by atoms with Gasteiger partial charge in [-0.05, 0) is 54.9 Å². The van der Waals surface area contributed by atoms with Crippen LogP contribution in [0.5, 0.6) is 0 Å². The van der Waals surface area contributed by atoms with Gasteiger partial charge in [-0.3, -0.25) is 29.2 Å². The van der Waals surface area contributed by atoms with Crippen molar-refractivity contribution in [3.63, 3.8) is 0 Å². The Morgan fingerprint density at radius 3 is 2.55 bits per heavy atom. The smallest absolute Gasteiger partial charge is 0.246 e. The third-order valence-corrected chi connectivity index (χ3v) is 8.97. The Bertz CT molecular complexity index is 1390. The molecule has 2 fully saturated rings. The summed E-state index contributed by atoms with van der Waals surface area (Å²) in [4.78, 5) is 68.2. The van der Waals surface area contributed by atoms with Crippen LogP contribution in [-0.2, 0) is 24.0 Å². The number of hydrogen-bond donors (Lipinski definition) is 5. The van der Waals surface area contributed by atoms with Crippen LogP contribution in [-0.4, -0.2) is 70.4 Å². The summed E-state index contributed by atoms with van der Waals surface area (Å²) in [6, 6.07) is 4.46. The molecule has 5 atom stereocenters. The van der Waals surface area contributed by atoms with Crippen LogP contribution >= 0.6 is 0 Å². The van der Waals surface area contributed by atoms with Crippen LogP contribution in [0.2, 0.25) is 0 Å². The average molecular weight is 608 g/mol. The van der Waals surface area contributed by atoms with Crippen LogP contribution in [0.15, 0.2) is 36.4 Å². The summed E-state index contributed by atoms with van der Waals surface area (Å²) in [5.41, 5.74) is 2.59. The lowest BCUT2D eigenvalue weighted by Gasteiger charge is -2.34. The number of rotatable bonds is 10. The molecule has 0 saturated carbocycles. The second kappa shape index (κ2) is 15.7. The van der Waals surface area contributed by atoms with Crippen LogP contribution in [0.4, 0.5) is 0 Å².